The van der Waals surface area contributed by atoms with Crippen molar-refractivity contribution in [3.05, 3.63) is 40.1 Å². The van der Waals surface area contributed by atoms with E-state index in [0.29, 0.717) is 4.96 Å². The van der Waals surface area contributed by atoms with Crippen molar-refractivity contribution in [2.45, 2.75) is 38.6 Å². The van der Waals surface area contributed by atoms with Crippen LogP contribution in [-0.4, -0.2) is 31.3 Å². The highest BCUT2D eigenvalue weighted by Crippen LogP contribution is 2.36. The number of hydrogen-bond acceptors (Lipinski definition) is 6. The van der Waals surface area contributed by atoms with Crippen LogP contribution in [0.3, 0.4) is 0 Å². The lowest BCUT2D eigenvalue weighted by Crippen LogP contribution is -2.33. The zero-order chi connectivity index (χ0) is 15.8. The number of rotatable bonds is 3. The molecule has 3 aromatic heterocycles. The monoisotopic (exact) mass is 330 g/mol. The lowest BCUT2D eigenvalue weighted by molar-refractivity contribution is 0.471. The van der Waals surface area contributed by atoms with Gasteiger partial charge in [-0.15, -0.1) is 5.10 Å². The van der Waals surface area contributed by atoms with Crippen molar-refractivity contribution >= 4 is 21.4 Å². The van der Waals surface area contributed by atoms with E-state index in [1.165, 1.54) is 27.8 Å². The maximum absolute atomic E-state index is 12.2. The van der Waals surface area contributed by atoms with Crippen LogP contribution in [0.1, 0.15) is 43.5 Å². The molecule has 1 aliphatic rings. The van der Waals surface area contributed by atoms with Crippen LogP contribution in [-0.2, 0) is 6.42 Å². The fraction of sp³-hybridized carbons (Fsp3) is 0.467. The number of piperidine rings is 1. The predicted octanol–water partition coefficient (Wildman–Crippen LogP) is 2.17. The number of nitrogens with zero attached hydrogens (tertiary/aromatic N) is 5. The lowest BCUT2D eigenvalue weighted by atomic mass is 9.98. The summed E-state index contributed by atoms with van der Waals surface area (Å²) in [6.07, 6.45) is 7.95. The highest BCUT2D eigenvalue weighted by atomic mass is 32.1. The lowest BCUT2D eigenvalue weighted by Gasteiger charge is -2.34. The summed E-state index contributed by atoms with van der Waals surface area (Å²) < 4.78 is 1.42. The molecule has 4 heterocycles. The minimum Gasteiger partial charge on any atom is -0.339 e. The van der Waals surface area contributed by atoms with Crippen LogP contribution in [0.25, 0.3) is 4.96 Å². The molecule has 1 atom stereocenters. The standard InChI is InChI=1S/C15H18N6OS/c1-2-11-7-13(22)21-14(18-11)23-15(19-21)20-6-4-3-5-12(20)10-8-16-17-9-10/h7-9,12H,2-6H2,1H3,(H,16,17)/t12-/m0/s1. The largest absolute Gasteiger partial charge is 0.339 e. The van der Waals surface area contributed by atoms with Gasteiger partial charge in [-0.3, -0.25) is 9.89 Å². The molecule has 8 heteroatoms. The maximum atomic E-state index is 12.2. The first-order chi connectivity index (χ1) is 11.3. The van der Waals surface area contributed by atoms with Crippen molar-refractivity contribution in [1.29, 1.82) is 0 Å². The predicted molar refractivity (Wildman–Crippen MR) is 89.0 cm³/mol. The summed E-state index contributed by atoms with van der Waals surface area (Å²) in [5.41, 5.74) is 1.87. The van der Waals surface area contributed by atoms with Crippen molar-refractivity contribution in [1.82, 2.24) is 24.8 Å². The fourth-order valence-corrected chi connectivity index (χ4v) is 4.10. The molecule has 7 nitrogen and oxygen atoms in total. The molecule has 0 amide bonds. The van der Waals surface area contributed by atoms with Crippen LogP contribution in [0.15, 0.2) is 23.3 Å². The molecule has 0 aliphatic carbocycles. The van der Waals surface area contributed by atoms with Gasteiger partial charge in [0.15, 0.2) is 0 Å². The van der Waals surface area contributed by atoms with Gasteiger partial charge in [0.2, 0.25) is 10.1 Å². The number of H-pyrrole nitrogens is 1. The third-order valence-electron chi connectivity index (χ3n) is 4.30. The van der Waals surface area contributed by atoms with Crippen LogP contribution < -0.4 is 10.5 Å². The zero-order valence-electron chi connectivity index (χ0n) is 12.9. The first-order valence-electron chi connectivity index (χ1n) is 7.91. The van der Waals surface area contributed by atoms with E-state index in [4.69, 9.17) is 0 Å². The summed E-state index contributed by atoms with van der Waals surface area (Å²) >= 11 is 1.48. The summed E-state index contributed by atoms with van der Waals surface area (Å²) in [5.74, 6) is 0. The molecule has 120 valence electrons. The van der Waals surface area contributed by atoms with E-state index in [0.717, 1.165) is 36.6 Å². The molecule has 0 spiro atoms. The van der Waals surface area contributed by atoms with Crippen molar-refractivity contribution in [3.8, 4) is 0 Å². The van der Waals surface area contributed by atoms with E-state index < -0.39 is 0 Å². The van der Waals surface area contributed by atoms with Crippen LogP contribution in [0.2, 0.25) is 0 Å². The molecule has 4 rings (SSSR count). The number of fused-ring (bicyclic) bond motifs is 1. The molecular weight excluding hydrogens is 312 g/mol. The van der Waals surface area contributed by atoms with Gasteiger partial charge < -0.3 is 4.90 Å². The first-order valence-corrected chi connectivity index (χ1v) is 8.73. The number of hydrogen-bond donors (Lipinski definition) is 1. The van der Waals surface area contributed by atoms with Crippen molar-refractivity contribution in [3.63, 3.8) is 0 Å². The maximum Gasteiger partial charge on any atom is 0.275 e. The second kappa shape index (κ2) is 5.77. The fourth-order valence-electron chi connectivity index (χ4n) is 3.09. The minimum atomic E-state index is -0.105. The van der Waals surface area contributed by atoms with E-state index >= 15 is 0 Å². The number of aromatic nitrogens is 5. The van der Waals surface area contributed by atoms with Gasteiger partial charge >= 0.3 is 0 Å². The second-order valence-corrected chi connectivity index (χ2v) is 6.69. The van der Waals surface area contributed by atoms with Gasteiger partial charge in [0.25, 0.3) is 5.56 Å². The molecular formula is C15H18N6OS. The van der Waals surface area contributed by atoms with E-state index in [1.807, 2.05) is 19.3 Å². The molecule has 0 aromatic carbocycles. The molecule has 23 heavy (non-hydrogen) atoms. The molecule has 1 saturated heterocycles. The van der Waals surface area contributed by atoms with Crippen molar-refractivity contribution in [2.75, 3.05) is 11.4 Å². The summed E-state index contributed by atoms with van der Waals surface area (Å²) in [7, 11) is 0. The molecule has 0 radical (unpaired) electrons. The summed E-state index contributed by atoms with van der Waals surface area (Å²) in [6, 6.07) is 1.82. The first kappa shape index (κ1) is 14.4. The third-order valence-corrected chi connectivity index (χ3v) is 5.25. The molecule has 1 aliphatic heterocycles. The van der Waals surface area contributed by atoms with Gasteiger partial charge in [-0.05, 0) is 25.7 Å². The average Bonchev–Trinajstić information content (AvgIpc) is 3.24. The highest BCUT2D eigenvalue weighted by molar-refractivity contribution is 7.20. The van der Waals surface area contributed by atoms with E-state index in [9.17, 15) is 4.79 Å². The number of nitrogens with one attached hydrogen (secondary N) is 1. The Labute approximate surface area is 137 Å². The Hall–Kier alpha value is -2.22. The molecule has 1 fully saturated rings. The van der Waals surface area contributed by atoms with Gasteiger partial charge in [-0.2, -0.15) is 9.61 Å². The number of anilines is 1. The minimum absolute atomic E-state index is 0.105. The van der Waals surface area contributed by atoms with Crippen LogP contribution in [0.4, 0.5) is 5.13 Å². The van der Waals surface area contributed by atoms with Gasteiger partial charge in [0.05, 0.1) is 12.2 Å². The molecule has 0 saturated carbocycles. The van der Waals surface area contributed by atoms with Crippen molar-refractivity contribution < 1.29 is 0 Å². The number of aryl methyl sites for hydroxylation is 1. The van der Waals surface area contributed by atoms with Crippen LogP contribution in [0.5, 0.6) is 0 Å². The topological polar surface area (TPSA) is 79.2 Å². The van der Waals surface area contributed by atoms with E-state index in [1.54, 1.807) is 6.07 Å². The van der Waals surface area contributed by atoms with E-state index in [-0.39, 0.29) is 11.6 Å². The Kier molecular flexibility index (Phi) is 3.60. The van der Waals surface area contributed by atoms with Gasteiger partial charge in [-0.1, -0.05) is 18.3 Å². The summed E-state index contributed by atoms with van der Waals surface area (Å²) in [5, 5.41) is 12.3. The molecule has 0 unspecified atom stereocenters. The zero-order valence-corrected chi connectivity index (χ0v) is 13.7. The highest BCUT2D eigenvalue weighted by Gasteiger charge is 2.27. The van der Waals surface area contributed by atoms with Gasteiger partial charge in [-0.25, -0.2) is 4.98 Å². The Balaban J connectivity index is 1.77. The Morgan fingerprint density at radius 1 is 1.43 bits per heavy atom. The Morgan fingerprint density at radius 2 is 2.35 bits per heavy atom. The number of aromatic amines is 1. The van der Waals surface area contributed by atoms with E-state index in [2.05, 4.69) is 25.2 Å². The smallest absolute Gasteiger partial charge is 0.275 e. The molecule has 3 aromatic rings. The average molecular weight is 330 g/mol. The van der Waals surface area contributed by atoms with Gasteiger partial charge in [0, 0.05) is 30.1 Å². The summed E-state index contributed by atoms with van der Waals surface area (Å²) in [6.45, 7) is 2.94. The van der Waals surface area contributed by atoms with Crippen molar-refractivity contribution in [2.24, 2.45) is 0 Å². The quantitative estimate of drug-likeness (QED) is 0.796. The van der Waals surface area contributed by atoms with Gasteiger partial charge in [0.1, 0.15) is 0 Å². The van der Waals surface area contributed by atoms with Crippen LogP contribution in [0, 0.1) is 0 Å². The third kappa shape index (κ3) is 2.52. The normalized spacial score (nSPS) is 18.7. The Morgan fingerprint density at radius 3 is 3.13 bits per heavy atom. The Bertz CT molecular complexity index is 868. The SMILES string of the molecule is CCc1cc(=O)n2nc(N3CCCC[C@H]3c3cn[nH]c3)sc2n1. The second-order valence-electron chi connectivity index (χ2n) is 5.75. The molecule has 0 bridgehead atoms. The summed E-state index contributed by atoms with van der Waals surface area (Å²) in [4.78, 5) is 19.7. The van der Waals surface area contributed by atoms with Crippen LogP contribution >= 0.6 is 11.3 Å². The molecule has 1 N–H and O–H groups in total.